The molecule has 3 nitrogen and oxygen atoms in total. The maximum absolute atomic E-state index is 11.9. The summed E-state index contributed by atoms with van der Waals surface area (Å²) in [4.78, 5) is 11.9. The van der Waals surface area contributed by atoms with E-state index in [9.17, 15) is 4.79 Å². The molecular weight excluding hydrogens is 250 g/mol. The van der Waals surface area contributed by atoms with Crippen molar-refractivity contribution in [2.45, 2.75) is 63.9 Å². The van der Waals surface area contributed by atoms with Crippen LogP contribution >= 0.6 is 0 Å². The van der Waals surface area contributed by atoms with E-state index >= 15 is 0 Å². The van der Waals surface area contributed by atoms with Gasteiger partial charge in [0.15, 0.2) is 0 Å². The van der Waals surface area contributed by atoms with Gasteiger partial charge in [0.1, 0.15) is 0 Å². The Hall–Kier alpha value is -0.570. The highest BCUT2D eigenvalue weighted by Gasteiger charge is 2.57. The van der Waals surface area contributed by atoms with Crippen molar-refractivity contribution in [1.29, 1.82) is 0 Å². The third kappa shape index (κ3) is 2.38. The van der Waals surface area contributed by atoms with E-state index in [2.05, 4.69) is 12.2 Å². The number of hydrogen-bond acceptors (Lipinski definition) is 2. The molecule has 4 aliphatic rings. The molecular formula is C17H29NO2. The molecule has 4 bridgehead atoms. The van der Waals surface area contributed by atoms with Crippen molar-refractivity contribution in [3.8, 4) is 0 Å². The maximum atomic E-state index is 11.9. The molecule has 114 valence electrons. The van der Waals surface area contributed by atoms with Gasteiger partial charge in [-0.2, -0.15) is 0 Å². The normalized spacial score (nSPS) is 41.9. The van der Waals surface area contributed by atoms with Crippen LogP contribution in [-0.2, 0) is 9.53 Å². The average molecular weight is 279 g/mol. The van der Waals surface area contributed by atoms with E-state index in [4.69, 9.17) is 4.74 Å². The van der Waals surface area contributed by atoms with E-state index in [0.29, 0.717) is 18.3 Å². The number of carbonyl (C=O) groups excluding carboxylic acids is 1. The van der Waals surface area contributed by atoms with Gasteiger partial charge in [0.2, 0.25) is 5.91 Å². The van der Waals surface area contributed by atoms with Gasteiger partial charge in [0, 0.05) is 20.1 Å². The largest absolute Gasteiger partial charge is 0.376 e. The third-order valence-corrected chi connectivity index (χ3v) is 6.22. The van der Waals surface area contributed by atoms with Crippen molar-refractivity contribution in [2.75, 3.05) is 13.7 Å². The average Bonchev–Trinajstić information content (AvgIpc) is 2.44. The van der Waals surface area contributed by atoms with E-state index in [-0.39, 0.29) is 11.5 Å². The van der Waals surface area contributed by atoms with Gasteiger partial charge >= 0.3 is 0 Å². The fraction of sp³-hybridized carbons (Fsp3) is 0.941. The summed E-state index contributed by atoms with van der Waals surface area (Å²) < 4.78 is 6.05. The lowest BCUT2D eigenvalue weighted by Gasteiger charge is -2.60. The van der Waals surface area contributed by atoms with E-state index < -0.39 is 0 Å². The molecule has 0 unspecified atom stereocenters. The number of nitrogens with one attached hydrogen (secondary N) is 1. The van der Waals surface area contributed by atoms with Crippen LogP contribution in [0.15, 0.2) is 0 Å². The Kier molecular flexibility index (Phi) is 4.07. The van der Waals surface area contributed by atoms with Gasteiger partial charge in [-0.05, 0) is 62.2 Å². The van der Waals surface area contributed by atoms with Gasteiger partial charge in [-0.15, -0.1) is 0 Å². The quantitative estimate of drug-likeness (QED) is 0.811. The number of unbranched alkanes of at least 4 members (excludes halogenated alkanes) is 1. The van der Waals surface area contributed by atoms with Crippen LogP contribution in [0.4, 0.5) is 0 Å². The summed E-state index contributed by atoms with van der Waals surface area (Å²) in [6.07, 6.45) is 9.49. The van der Waals surface area contributed by atoms with Crippen LogP contribution in [0.25, 0.3) is 0 Å². The molecule has 1 N–H and O–H groups in total. The standard InChI is InChI=1S/C17H29NO2/c1-3-4-5-16(19)18-11-17(20-2)14-7-12-6-13(9-14)10-15(17)8-12/h12-15H,3-11H2,1-2H3,(H,18,19). The number of methoxy groups -OCH3 is 1. The summed E-state index contributed by atoms with van der Waals surface area (Å²) in [6, 6.07) is 0. The van der Waals surface area contributed by atoms with Gasteiger partial charge < -0.3 is 10.1 Å². The summed E-state index contributed by atoms with van der Waals surface area (Å²) in [5, 5.41) is 3.17. The zero-order chi connectivity index (χ0) is 14.2. The van der Waals surface area contributed by atoms with Crippen molar-refractivity contribution in [1.82, 2.24) is 5.32 Å². The lowest BCUT2D eigenvalue weighted by atomic mass is 9.49. The van der Waals surface area contributed by atoms with Crippen LogP contribution in [-0.4, -0.2) is 25.2 Å². The summed E-state index contributed by atoms with van der Waals surface area (Å²) in [7, 11) is 1.86. The van der Waals surface area contributed by atoms with Crippen molar-refractivity contribution in [3.63, 3.8) is 0 Å². The summed E-state index contributed by atoms with van der Waals surface area (Å²) in [6.45, 7) is 2.86. The second-order valence-electron chi connectivity index (χ2n) is 7.34. The Bertz CT molecular complexity index is 338. The zero-order valence-electron chi connectivity index (χ0n) is 13.0. The number of amides is 1. The predicted octanol–water partition coefficient (Wildman–Crippen LogP) is 3.13. The van der Waals surface area contributed by atoms with Crippen LogP contribution in [0.3, 0.4) is 0 Å². The first-order chi connectivity index (χ1) is 9.68. The van der Waals surface area contributed by atoms with Crippen molar-refractivity contribution >= 4 is 5.91 Å². The highest BCUT2D eigenvalue weighted by atomic mass is 16.5. The van der Waals surface area contributed by atoms with Crippen LogP contribution in [0.1, 0.15) is 58.3 Å². The lowest BCUT2D eigenvalue weighted by Crippen LogP contribution is -2.63. The first-order valence-electron chi connectivity index (χ1n) is 8.49. The summed E-state index contributed by atoms with van der Waals surface area (Å²) in [5.74, 6) is 3.44. The van der Waals surface area contributed by atoms with Crippen molar-refractivity contribution in [2.24, 2.45) is 23.7 Å². The molecule has 4 saturated carbocycles. The molecule has 0 aliphatic heterocycles. The van der Waals surface area contributed by atoms with Gasteiger partial charge in [-0.25, -0.2) is 0 Å². The number of rotatable bonds is 6. The fourth-order valence-electron chi connectivity index (χ4n) is 5.34. The van der Waals surface area contributed by atoms with Crippen molar-refractivity contribution < 1.29 is 9.53 Å². The minimum Gasteiger partial charge on any atom is -0.376 e. The molecule has 4 rings (SSSR count). The second kappa shape index (κ2) is 5.67. The molecule has 20 heavy (non-hydrogen) atoms. The number of hydrogen-bond donors (Lipinski definition) is 1. The van der Waals surface area contributed by atoms with Crippen LogP contribution in [0, 0.1) is 23.7 Å². The smallest absolute Gasteiger partial charge is 0.220 e. The minimum atomic E-state index is -0.0602. The Balaban J connectivity index is 1.64. The molecule has 0 spiro atoms. The number of carbonyl (C=O) groups is 1. The molecule has 0 aromatic carbocycles. The lowest BCUT2D eigenvalue weighted by molar-refractivity contribution is -0.188. The molecule has 3 heteroatoms. The third-order valence-electron chi connectivity index (χ3n) is 6.22. The topological polar surface area (TPSA) is 38.3 Å². The summed E-state index contributed by atoms with van der Waals surface area (Å²) in [5.41, 5.74) is -0.0602. The molecule has 4 fully saturated rings. The van der Waals surface area contributed by atoms with E-state index in [0.717, 1.165) is 31.2 Å². The van der Waals surface area contributed by atoms with E-state index in [1.807, 2.05) is 7.11 Å². The molecule has 0 saturated heterocycles. The maximum Gasteiger partial charge on any atom is 0.220 e. The number of ether oxygens (including phenoxy) is 1. The van der Waals surface area contributed by atoms with E-state index in [1.54, 1.807) is 0 Å². The Morgan fingerprint density at radius 2 is 1.75 bits per heavy atom. The molecule has 0 radical (unpaired) electrons. The van der Waals surface area contributed by atoms with Gasteiger partial charge in [0.05, 0.1) is 5.60 Å². The van der Waals surface area contributed by atoms with E-state index in [1.165, 1.54) is 32.1 Å². The van der Waals surface area contributed by atoms with Gasteiger partial charge in [-0.1, -0.05) is 13.3 Å². The molecule has 0 heterocycles. The zero-order valence-corrected chi connectivity index (χ0v) is 13.0. The van der Waals surface area contributed by atoms with Crippen LogP contribution < -0.4 is 5.32 Å². The Morgan fingerprint density at radius 1 is 1.15 bits per heavy atom. The molecule has 0 aromatic rings. The SMILES string of the molecule is CCCCC(=O)NCC1(OC)C2CC3CC(C2)CC1C3. The monoisotopic (exact) mass is 279 g/mol. The highest BCUT2D eigenvalue weighted by Crippen LogP contribution is 2.59. The predicted molar refractivity (Wildman–Crippen MR) is 79.3 cm³/mol. The minimum absolute atomic E-state index is 0.0602. The molecule has 0 atom stereocenters. The molecule has 1 amide bonds. The summed E-state index contributed by atoms with van der Waals surface area (Å²) >= 11 is 0. The van der Waals surface area contributed by atoms with Gasteiger partial charge in [-0.3, -0.25) is 4.79 Å². The fourth-order valence-corrected chi connectivity index (χ4v) is 5.34. The molecule has 4 aliphatic carbocycles. The second-order valence-corrected chi connectivity index (χ2v) is 7.34. The first-order valence-corrected chi connectivity index (χ1v) is 8.49. The molecule has 0 aromatic heterocycles. The Labute approximate surface area is 122 Å². The van der Waals surface area contributed by atoms with Crippen LogP contribution in [0.2, 0.25) is 0 Å². The van der Waals surface area contributed by atoms with Crippen molar-refractivity contribution in [3.05, 3.63) is 0 Å². The first kappa shape index (κ1) is 14.4. The van der Waals surface area contributed by atoms with Crippen LogP contribution in [0.5, 0.6) is 0 Å². The highest BCUT2D eigenvalue weighted by molar-refractivity contribution is 5.75. The van der Waals surface area contributed by atoms with Gasteiger partial charge in [0.25, 0.3) is 0 Å². The Morgan fingerprint density at radius 3 is 2.25 bits per heavy atom.